The maximum Gasteiger partial charge on any atom is 0.494 e. The van der Waals surface area contributed by atoms with Crippen molar-refractivity contribution in [2.45, 2.75) is 19.4 Å². The number of fused-ring (bicyclic) bond motifs is 1. The Labute approximate surface area is 99.0 Å². The summed E-state index contributed by atoms with van der Waals surface area (Å²) < 4.78 is 16.6. The number of nitrogen functional groups attached to an aromatic ring is 1. The maximum absolute atomic E-state index is 5.78. The number of nitrogens with two attached hydrogens (primary N) is 1. The Bertz CT molecular complexity index is 567. The normalized spacial score (nSPS) is 19.1. The predicted octanol–water partition coefficient (Wildman–Crippen LogP) is 0.931. The van der Waals surface area contributed by atoms with Crippen LogP contribution in [-0.4, -0.2) is 24.3 Å². The number of oxazole rings is 1. The molecule has 0 bridgehead atoms. The van der Waals surface area contributed by atoms with Crippen LogP contribution >= 0.6 is 0 Å². The van der Waals surface area contributed by atoms with Crippen LogP contribution in [0.2, 0.25) is 0 Å². The molecule has 0 aliphatic carbocycles. The van der Waals surface area contributed by atoms with Gasteiger partial charge in [0.15, 0.2) is 5.58 Å². The lowest BCUT2D eigenvalue weighted by Gasteiger charge is -2.15. The molecule has 0 spiro atoms. The van der Waals surface area contributed by atoms with Gasteiger partial charge in [0.1, 0.15) is 5.52 Å². The number of anilines is 1. The molecule has 1 saturated heterocycles. The van der Waals surface area contributed by atoms with Crippen LogP contribution in [0.25, 0.3) is 11.1 Å². The Hall–Kier alpha value is -1.53. The summed E-state index contributed by atoms with van der Waals surface area (Å²) in [6.07, 6.45) is 0. The van der Waals surface area contributed by atoms with Gasteiger partial charge in [-0.1, -0.05) is 6.07 Å². The molecule has 0 amide bonds. The molecule has 6 heteroatoms. The number of hydrogen-bond acceptors (Lipinski definition) is 5. The van der Waals surface area contributed by atoms with Crippen LogP contribution < -0.4 is 11.2 Å². The molecule has 1 aromatic carbocycles. The highest BCUT2D eigenvalue weighted by molar-refractivity contribution is 6.62. The minimum atomic E-state index is -0.340. The van der Waals surface area contributed by atoms with Crippen molar-refractivity contribution >= 4 is 29.7 Å². The van der Waals surface area contributed by atoms with Crippen LogP contribution in [0.4, 0.5) is 6.01 Å². The van der Waals surface area contributed by atoms with Gasteiger partial charge in [-0.15, -0.1) is 0 Å². The zero-order valence-electron chi connectivity index (χ0n) is 9.77. The van der Waals surface area contributed by atoms with Crippen LogP contribution in [0.5, 0.6) is 0 Å². The highest BCUT2D eigenvalue weighted by atomic mass is 16.7. The van der Waals surface area contributed by atoms with E-state index in [-0.39, 0.29) is 18.7 Å². The van der Waals surface area contributed by atoms with Crippen molar-refractivity contribution in [3.05, 3.63) is 18.2 Å². The number of nitrogens with zero attached hydrogens (tertiary/aromatic N) is 1. The van der Waals surface area contributed by atoms with Gasteiger partial charge in [0.05, 0.1) is 12.2 Å². The molecule has 0 unspecified atom stereocenters. The Morgan fingerprint density at radius 2 is 2.24 bits per heavy atom. The smallest absolute Gasteiger partial charge is 0.424 e. The fourth-order valence-corrected chi connectivity index (χ4v) is 1.91. The number of aromatic nitrogens is 1. The van der Waals surface area contributed by atoms with E-state index < -0.39 is 0 Å². The van der Waals surface area contributed by atoms with E-state index in [9.17, 15) is 0 Å². The molecule has 2 N–H and O–H groups in total. The topological polar surface area (TPSA) is 70.5 Å². The molecule has 1 aliphatic rings. The molecule has 1 aromatic heterocycles. The van der Waals surface area contributed by atoms with Gasteiger partial charge in [0, 0.05) is 0 Å². The van der Waals surface area contributed by atoms with Crippen molar-refractivity contribution in [2.75, 3.05) is 12.3 Å². The van der Waals surface area contributed by atoms with E-state index in [2.05, 4.69) is 4.98 Å². The highest BCUT2D eigenvalue weighted by Crippen LogP contribution is 2.21. The molecule has 17 heavy (non-hydrogen) atoms. The fraction of sp³-hybridized carbons (Fsp3) is 0.364. The molecule has 0 atom stereocenters. The molecule has 0 radical (unpaired) electrons. The molecule has 0 saturated carbocycles. The van der Waals surface area contributed by atoms with Crippen molar-refractivity contribution in [1.29, 1.82) is 0 Å². The second-order valence-corrected chi connectivity index (χ2v) is 4.80. The van der Waals surface area contributed by atoms with Gasteiger partial charge >= 0.3 is 7.12 Å². The Morgan fingerprint density at radius 1 is 1.41 bits per heavy atom. The SMILES string of the molecule is CC1(C)COB(c2ccc3oc(N)nc3c2)O1. The van der Waals surface area contributed by atoms with Gasteiger partial charge in [0.2, 0.25) is 0 Å². The largest absolute Gasteiger partial charge is 0.494 e. The van der Waals surface area contributed by atoms with Crippen molar-refractivity contribution in [3.8, 4) is 0 Å². The third kappa shape index (κ3) is 1.90. The molecule has 1 fully saturated rings. The van der Waals surface area contributed by atoms with Gasteiger partial charge in [-0.05, 0) is 31.4 Å². The van der Waals surface area contributed by atoms with Crippen LogP contribution in [-0.2, 0) is 9.31 Å². The molecule has 2 heterocycles. The standard InChI is InChI=1S/C11H13BN2O3/c1-11(2)6-15-12(17-11)7-3-4-9-8(5-7)14-10(13)16-9/h3-5H,6H2,1-2H3,(H2,13,14). The van der Waals surface area contributed by atoms with Crippen LogP contribution in [0.3, 0.4) is 0 Å². The fourth-order valence-electron chi connectivity index (χ4n) is 1.91. The van der Waals surface area contributed by atoms with Crippen LogP contribution in [0.1, 0.15) is 13.8 Å². The zero-order chi connectivity index (χ0) is 12.0. The first-order valence-corrected chi connectivity index (χ1v) is 5.49. The summed E-state index contributed by atoms with van der Waals surface area (Å²) >= 11 is 0. The molecule has 5 nitrogen and oxygen atoms in total. The van der Waals surface area contributed by atoms with E-state index in [0.717, 1.165) is 11.0 Å². The lowest BCUT2D eigenvalue weighted by atomic mass is 9.79. The molecular formula is C11H13BN2O3. The van der Waals surface area contributed by atoms with E-state index in [1.54, 1.807) is 0 Å². The first-order chi connectivity index (χ1) is 8.03. The van der Waals surface area contributed by atoms with Crippen molar-refractivity contribution in [3.63, 3.8) is 0 Å². The summed E-state index contributed by atoms with van der Waals surface area (Å²) in [6.45, 7) is 4.58. The third-order valence-electron chi connectivity index (χ3n) is 2.71. The average Bonchev–Trinajstić information content (AvgIpc) is 2.78. The first kappa shape index (κ1) is 10.6. The Kier molecular flexibility index (Phi) is 2.17. The lowest BCUT2D eigenvalue weighted by Crippen LogP contribution is -2.34. The van der Waals surface area contributed by atoms with Gasteiger partial charge in [-0.2, -0.15) is 4.98 Å². The summed E-state index contributed by atoms with van der Waals surface area (Å²) in [5, 5.41) is 0. The highest BCUT2D eigenvalue weighted by Gasteiger charge is 2.38. The summed E-state index contributed by atoms with van der Waals surface area (Å²) in [6, 6.07) is 5.78. The van der Waals surface area contributed by atoms with Gasteiger partial charge in [-0.3, -0.25) is 0 Å². The monoisotopic (exact) mass is 232 g/mol. The van der Waals surface area contributed by atoms with Crippen molar-refractivity contribution in [2.24, 2.45) is 0 Å². The average molecular weight is 232 g/mol. The minimum Gasteiger partial charge on any atom is -0.424 e. The van der Waals surface area contributed by atoms with Crippen molar-refractivity contribution in [1.82, 2.24) is 4.98 Å². The van der Waals surface area contributed by atoms with E-state index in [1.807, 2.05) is 32.0 Å². The Balaban J connectivity index is 1.96. The van der Waals surface area contributed by atoms with E-state index in [1.165, 1.54) is 0 Å². The number of benzene rings is 1. The summed E-state index contributed by atoms with van der Waals surface area (Å²) in [4.78, 5) is 4.08. The lowest BCUT2D eigenvalue weighted by molar-refractivity contribution is 0.137. The quantitative estimate of drug-likeness (QED) is 0.740. The van der Waals surface area contributed by atoms with E-state index in [4.69, 9.17) is 19.5 Å². The van der Waals surface area contributed by atoms with Gasteiger partial charge in [-0.25, -0.2) is 0 Å². The summed E-state index contributed by atoms with van der Waals surface area (Å²) in [7, 11) is -0.340. The zero-order valence-corrected chi connectivity index (χ0v) is 9.77. The first-order valence-electron chi connectivity index (χ1n) is 5.49. The molecule has 88 valence electrons. The van der Waals surface area contributed by atoms with E-state index >= 15 is 0 Å². The molecule has 3 rings (SSSR count). The molecule has 2 aromatic rings. The van der Waals surface area contributed by atoms with Crippen molar-refractivity contribution < 1.29 is 13.7 Å². The molecular weight excluding hydrogens is 219 g/mol. The van der Waals surface area contributed by atoms with Crippen LogP contribution in [0.15, 0.2) is 22.6 Å². The minimum absolute atomic E-state index is 0.172. The molecule has 1 aliphatic heterocycles. The second kappa shape index (κ2) is 3.48. The van der Waals surface area contributed by atoms with Gasteiger partial charge in [0.25, 0.3) is 6.01 Å². The Morgan fingerprint density at radius 3 is 2.94 bits per heavy atom. The number of rotatable bonds is 1. The van der Waals surface area contributed by atoms with Crippen LogP contribution in [0, 0.1) is 0 Å². The van der Waals surface area contributed by atoms with E-state index in [0.29, 0.717) is 12.2 Å². The maximum atomic E-state index is 5.78. The summed E-state index contributed by atoms with van der Waals surface area (Å²) in [5.41, 5.74) is 7.57. The third-order valence-corrected chi connectivity index (χ3v) is 2.71. The van der Waals surface area contributed by atoms with Gasteiger partial charge < -0.3 is 19.5 Å². The summed E-state index contributed by atoms with van der Waals surface area (Å²) in [5.74, 6) is 0. The predicted molar refractivity (Wildman–Crippen MR) is 64.9 cm³/mol. The number of hydrogen-bond donors (Lipinski definition) is 1. The second-order valence-electron chi connectivity index (χ2n) is 4.80.